The molecule has 4 atom stereocenters. The molecule has 4 unspecified atom stereocenters. The molecule has 8 saturated carbocycles. The number of hydrogen-bond donors (Lipinski definition) is 0. The van der Waals surface area contributed by atoms with Crippen molar-refractivity contribution in [2.75, 3.05) is 0 Å². The molecule has 0 aromatic heterocycles. The summed E-state index contributed by atoms with van der Waals surface area (Å²) in [5, 5.41) is 0. The Morgan fingerprint density at radius 1 is 0.250 bits per heavy atom. The van der Waals surface area contributed by atoms with Crippen molar-refractivity contribution in [1.29, 1.82) is 0 Å². The van der Waals surface area contributed by atoms with Crippen LogP contribution >= 0.6 is 0 Å². The second kappa shape index (κ2) is 15.9. The van der Waals surface area contributed by atoms with Crippen molar-refractivity contribution >= 4 is 24.3 Å². The van der Waals surface area contributed by atoms with Gasteiger partial charge in [0.25, 0.3) is 0 Å². The zero-order valence-electron chi connectivity index (χ0n) is 41.1. The van der Waals surface area contributed by atoms with Crippen LogP contribution in [0.1, 0.15) is 160 Å². The SMILES string of the molecule is C/C=C\c1cc(/C=C\C)cc(C23CC4(c5ccccc5)CC(c5ccccc5)(C2)CC(C25CC6(c7ccccc7)CC(c7ccccc7)(CC(c7cc(/C=C\C)cc(/C=C\C)c7)(C6)C2)C5)(C4)C3)c1. The fraction of sp³-hybridized carbons (Fsp3) is 0.353. The van der Waals surface area contributed by atoms with Crippen molar-refractivity contribution in [3.8, 4) is 0 Å². The van der Waals surface area contributed by atoms with Crippen LogP contribution in [0.2, 0.25) is 0 Å². The normalized spacial score (nSPS) is 34.6. The standard InChI is InChI=1S/C68H70/c1-5-21-51-33-52(22-6-2)36-59(35-51)65-41-61(55-25-13-9-14-26-55)39-62(42-65,56-27-15-10-16-28-56)46-67(45-61,49-65)68-47-63(57-29-17-11-18-30-57)40-64(48-68,58-31-19-12-20-32-58)44-66(43-63,50-68)60-37-53(23-7-3)34-54(38-60)24-8-4/h5-38H,39-50H2,1-4H3/b21-5-,22-6-,23-7-,24-8-. The fourth-order valence-electron chi connectivity index (χ4n) is 18.5. The van der Waals surface area contributed by atoms with Crippen molar-refractivity contribution in [1.82, 2.24) is 0 Å². The van der Waals surface area contributed by atoms with E-state index >= 15 is 0 Å². The molecule has 0 heteroatoms. The molecule has 0 nitrogen and oxygen atoms in total. The fourth-order valence-corrected chi connectivity index (χ4v) is 18.5. The molecule has 6 aromatic rings. The van der Waals surface area contributed by atoms with Gasteiger partial charge in [0.1, 0.15) is 0 Å². The van der Waals surface area contributed by atoms with Gasteiger partial charge in [-0.25, -0.2) is 0 Å². The highest BCUT2D eigenvalue weighted by Gasteiger charge is 2.79. The van der Waals surface area contributed by atoms with E-state index < -0.39 is 0 Å². The molecule has 14 rings (SSSR count). The molecule has 8 aliphatic rings. The van der Waals surface area contributed by atoms with Gasteiger partial charge in [-0.15, -0.1) is 0 Å². The van der Waals surface area contributed by atoms with Gasteiger partial charge in [-0.05, 0) is 216 Å². The lowest BCUT2D eigenvalue weighted by Crippen LogP contribution is -2.75. The summed E-state index contributed by atoms with van der Waals surface area (Å²) in [6.07, 6.45) is 33.3. The summed E-state index contributed by atoms with van der Waals surface area (Å²) in [5.41, 5.74) is 15.1. The van der Waals surface area contributed by atoms with Crippen molar-refractivity contribution < 1.29 is 0 Å². The molecule has 6 aromatic carbocycles. The average Bonchev–Trinajstić information content (AvgIpc) is 3.35. The summed E-state index contributed by atoms with van der Waals surface area (Å²) in [4.78, 5) is 0. The number of allylic oxidation sites excluding steroid dienone is 4. The molecule has 0 heterocycles. The second-order valence-electron chi connectivity index (χ2n) is 23.6. The van der Waals surface area contributed by atoms with Crippen molar-refractivity contribution in [3.63, 3.8) is 0 Å². The zero-order chi connectivity index (χ0) is 46.3. The Bertz CT molecular complexity index is 2590. The van der Waals surface area contributed by atoms with Crippen LogP contribution in [0.3, 0.4) is 0 Å². The highest BCUT2D eigenvalue weighted by Crippen LogP contribution is 2.85. The van der Waals surface area contributed by atoms with Crippen molar-refractivity contribution in [3.05, 3.63) is 238 Å². The lowest BCUT2D eigenvalue weighted by molar-refractivity contribution is -0.237. The summed E-state index contributed by atoms with van der Waals surface area (Å²) in [7, 11) is 0. The summed E-state index contributed by atoms with van der Waals surface area (Å²) in [6, 6.07) is 63.6. The molecule has 8 aliphatic carbocycles. The van der Waals surface area contributed by atoms with Gasteiger partial charge in [-0.3, -0.25) is 0 Å². The van der Waals surface area contributed by atoms with Crippen LogP contribution in [0.25, 0.3) is 24.3 Å². The topological polar surface area (TPSA) is 0 Å². The Morgan fingerprint density at radius 3 is 0.662 bits per heavy atom. The molecule has 342 valence electrons. The van der Waals surface area contributed by atoms with Crippen LogP contribution in [0.4, 0.5) is 0 Å². The number of benzene rings is 6. The first-order valence-corrected chi connectivity index (χ1v) is 26.1. The van der Waals surface area contributed by atoms with E-state index in [1.807, 2.05) is 0 Å². The summed E-state index contributed by atoms with van der Waals surface area (Å²) >= 11 is 0. The van der Waals surface area contributed by atoms with E-state index in [0.29, 0.717) is 0 Å². The third kappa shape index (κ3) is 6.59. The van der Waals surface area contributed by atoms with E-state index in [0.717, 1.165) is 0 Å². The molecule has 8 bridgehead atoms. The van der Waals surface area contributed by atoms with E-state index in [2.05, 4.69) is 234 Å². The van der Waals surface area contributed by atoms with Gasteiger partial charge in [0, 0.05) is 0 Å². The largest absolute Gasteiger partial charge is 0.0871 e. The maximum Gasteiger partial charge on any atom is -0.00241 e. The summed E-state index contributed by atoms with van der Waals surface area (Å²) in [6.45, 7) is 8.72. The van der Waals surface area contributed by atoms with Crippen molar-refractivity contribution in [2.24, 2.45) is 10.8 Å². The molecule has 8 fully saturated rings. The first-order valence-electron chi connectivity index (χ1n) is 26.1. The van der Waals surface area contributed by atoms with Crippen molar-refractivity contribution in [2.45, 2.75) is 137 Å². The van der Waals surface area contributed by atoms with Gasteiger partial charge >= 0.3 is 0 Å². The quantitative estimate of drug-likeness (QED) is 0.122. The Labute approximate surface area is 408 Å². The molecule has 0 amide bonds. The highest BCUT2D eigenvalue weighted by atomic mass is 14.8. The molecule has 68 heavy (non-hydrogen) atoms. The zero-order valence-corrected chi connectivity index (χ0v) is 41.1. The first kappa shape index (κ1) is 43.6. The Kier molecular flexibility index (Phi) is 10.2. The lowest BCUT2D eigenvalue weighted by Gasteiger charge is -2.81. The summed E-state index contributed by atoms with van der Waals surface area (Å²) in [5.74, 6) is 0. The Morgan fingerprint density at radius 2 is 0.456 bits per heavy atom. The first-order chi connectivity index (χ1) is 33.1. The van der Waals surface area contributed by atoms with E-state index in [1.165, 1.54) is 99.3 Å². The molecule has 0 saturated heterocycles. The smallest absolute Gasteiger partial charge is 0.00241 e. The number of rotatable bonds is 11. The van der Waals surface area contributed by atoms with Gasteiger partial charge in [-0.1, -0.05) is 194 Å². The maximum absolute atomic E-state index is 2.64. The minimum Gasteiger partial charge on any atom is -0.0871 e. The third-order valence-electron chi connectivity index (χ3n) is 19.4. The molecule has 0 N–H and O–H groups in total. The molecular weight excluding hydrogens is 817 g/mol. The van der Waals surface area contributed by atoms with Gasteiger partial charge in [0.2, 0.25) is 0 Å². The van der Waals surface area contributed by atoms with E-state index in [4.69, 9.17) is 0 Å². The average molecular weight is 887 g/mol. The third-order valence-corrected chi connectivity index (χ3v) is 19.4. The van der Waals surface area contributed by atoms with Gasteiger partial charge < -0.3 is 0 Å². The van der Waals surface area contributed by atoms with E-state index in [-0.39, 0.29) is 43.3 Å². The summed E-state index contributed by atoms with van der Waals surface area (Å²) < 4.78 is 0. The lowest BCUT2D eigenvalue weighted by atomic mass is 9.23. The highest BCUT2D eigenvalue weighted by molar-refractivity contribution is 5.63. The maximum atomic E-state index is 2.64. The Hall–Kier alpha value is -5.72. The predicted molar refractivity (Wildman–Crippen MR) is 288 cm³/mol. The van der Waals surface area contributed by atoms with Gasteiger partial charge in [0.15, 0.2) is 0 Å². The van der Waals surface area contributed by atoms with Crippen LogP contribution in [-0.2, 0) is 32.5 Å². The minimum absolute atomic E-state index is 0.00437. The van der Waals surface area contributed by atoms with Crippen LogP contribution < -0.4 is 0 Å². The van der Waals surface area contributed by atoms with Gasteiger partial charge in [0.05, 0.1) is 0 Å². The molecular formula is C68H70. The molecule has 0 spiro atoms. The number of hydrogen-bond acceptors (Lipinski definition) is 0. The molecule has 0 aliphatic heterocycles. The van der Waals surface area contributed by atoms with Gasteiger partial charge in [-0.2, -0.15) is 0 Å². The van der Waals surface area contributed by atoms with E-state index in [1.54, 1.807) is 33.4 Å². The minimum atomic E-state index is -0.00437. The van der Waals surface area contributed by atoms with Crippen LogP contribution in [0.5, 0.6) is 0 Å². The predicted octanol–water partition coefficient (Wildman–Crippen LogP) is 17.5. The van der Waals surface area contributed by atoms with Crippen LogP contribution in [0, 0.1) is 10.8 Å². The van der Waals surface area contributed by atoms with E-state index in [9.17, 15) is 0 Å². The molecule has 0 radical (unpaired) electrons. The van der Waals surface area contributed by atoms with Crippen LogP contribution in [0.15, 0.2) is 182 Å². The second-order valence-corrected chi connectivity index (χ2v) is 23.6. The Balaban J connectivity index is 1.18. The van der Waals surface area contributed by atoms with Crippen LogP contribution in [-0.4, -0.2) is 0 Å². The monoisotopic (exact) mass is 887 g/mol.